The molecule has 6 nitrogen and oxygen atoms in total. The summed E-state index contributed by atoms with van der Waals surface area (Å²) in [7, 11) is -3.54. The smallest absolute Gasteiger partial charge is 0.239 e. The van der Waals surface area contributed by atoms with Crippen LogP contribution < -0.4 is 4.72 Å². The first-order chi connectivity index (χ1) is 10.4. The lowest BCUT2D eigenvalue weighted by Gasteiger charge is -2.01. The van der Waals surface area contributed by atoms with E-state index < -0.39 is 15.9 Å². The van der Waals surface area contributed by atoms with Crippen LogP contribution in [0.2, 0.25) is 0 Å². The normalized spacial score (nSPS) is 11.7. The summed E-state index contributed by atoms with van der Waals surface area (Å²) in [6.45, 7) is 0. The van der Waals surface area contributed by atoms with Gasteiger partial charge < -0.3 is 0 Å². The lowest BCUT2D eigenvalue weighted by Crippen LogP contribution is -2.30. The number of fused-ring (bicyclic) bond motifs is 1. The summed E-state index contributed by atoms with van der Waals surface area (Å²) < 4.78 is 25.9. The van der Waals surface area contributed by atoms with Crippen LogP contribution in [0.4, 0.5) is 0 Å². The van der Waals surface area contributed by atoms with Crippen molar-refractivity contribution in [1.29, 1.82) is 0 Å². The van der Waals surface area contributed by atoms with Gasteiger partial charge in [0.1, 0.15) is 0 Å². The number of thiazole rings is 1. The molecular weight excluding hydrogens is 322 g/mol. The molecule has 0 unspecified atom stereocenters. The van der Waals surface area contributed by atoms with Crippen molar-refractivity contribution < 1.29 is 13.2 Å². The molecule has 0 atom stereocenters. The third-order valence-corrected chi connectivity index (χ3v) is 4.48. The molecule has 1 aromatic carbocycles. The Morgan fingerprint density at radius 2 is 2.05 bits per heavy atom. The van der Waals surface area contributed by atoms with Crippen LogP contribution in [0.25, 0.3) is 16.2 Å². The standard InChI is InChI=1S/C14H13N3O3S2/c1-22(19,20)16-13(18)7-11-9-21-14-15-12(8-17(11)14)10-5-3-2-4-6-10/h2-6,8-9H,7H2,1H3,(H,16,18). The molecule has 2 aromatic heterocycles. The van der Waals surface area contributed by atoms with Crippen LogP contribution in [0.5, 0.6) is 0 Å². The highest BCUT2D eigenvalue weighted by atomic mass is 32.2. The quantitative estimate of drug-likeness (QED) is 0.786. The fraction of sp³-hybridized carbons (Fsp3) is 0.143. The Hall–Kier alpha value is -2.19. The first kappa shape index (κ1) is 14.7. The van der Waals surface area contributed by atoms with Gasteiger partial charge in [0.2, 0.25) is 15.9 Å². The average molecular weight is 335 g/mol. The zero-order chi connectivity index (χ0) is 15.7. The molecule has 0 bridgehead atoms. The zero-order valence-electron chi connectivity index (χ0n) is 11.7. The minimum absolute atomic E-state index is 0.0162. The number of imidazole rings is 1. The van der Waals surface area contributed by atoms with Gasteiger partial charge in [-0.2, -0.15) is 0 Å². The summed E-state index contributed by atoms with van der Waals surface area (Å²) in [5.74, 6) is -0.558. The number of carbonyl (C=O) groups is 1. The second-order valence-electron chi connectivity index (χ2n) is 4.85. The van der Waals surface area contributed by atoms with Crippen LogP contribution in [0.1, 0.15) is 5.69 Å². The van der Waals surface area contributed by atoms with E-state index in [1.165, 1.54) is 11.3 Å². The molecule has 22 heavy (non-hydrogen) atoms. The lowest BCUT2D eigenvalue weighted by atomic mass is 10.2. The van der Waals surface area contributed by atoms with Gasteiger partial charge in [-0.25, -0.2) is 13.4 Å². The van der Waals surface area contributed by atoms with E-state index in [2.05, 4.69) is 4.98 Å². The van der Waals surface area contributed by atoms with Gasteiger partial charge in [0.15, 0.2) is 4.96 Å². The minimum atomic E-state index is -3.54. The fourth-order valence-electron chi connectivity index (χ4n) is 2.11. The summed E-state index contributed by atoms with van der Waals surface area (Å²) in [4.78, 5) is 17.0. The van der Waals surface area contributed by atoms with E-state index in [0.29, 0.717) is 5.69 Å². The van der Waals surface area contributed by atoms with Crippen molar-refractivity contribution in [1.82, 2.24) is 14.1 Å². The Morgan fingerprint density at radius 1 is 1.32 bits per heavy atom. The third kappa shape index (κ3) is 3.18. The van der Waals surface area contributed by atoms with Crippen molar-refractivity contribution in [2.75, 3.05) is 6.26 Å². The maximum atomic E-state index is 11.7. The Bertz CT molecular complexity index is 927. The number of sulfonamides is 1. The van der Waals surface area contributed by atoms with E-state index in [1.54, 1.807) is 5.38 Å². The summed E-state index contributed by atoms with van der Waals surface area (Å²) in [5.41, 5.74) is 2.51. The van der Waals surface area contributed by atoms with Gasteiger partial charge in [0.25, 0.3) is 0 Å². The molecule has 0 fully saturated rings. The maximum Gasteiger partial charge on any atom is 0.239 e. The van der Waals surface area contributed by atoms with Crippen LogP contribution in [-0.2, 0) is 21.2 Å². The first-order valence-electron chi connectivity index (χ1n) is 6.44. The Labute approximate surface area is 131 Å². The van der Waals surface area contributed by atoms with Gasteiger partial charge in [-0.1, -0.05) is 30.3 Å². The molecule has 8 heteroatoms. The molecule has 3 aromatic rings. The molecule has 0 spiro atoms. The van der Waals surface area contributed by atoms with E-state index in [0.717, 1.165) is 22.5 Å². The number of carbonyl (C=O) groups excluding carboxylic acids is 1. The third-order valence-electron chi connectivity index (χ3n) is 2.99. The van der Waals surface area contributed by atoms with E-state index in [-0.39, 0.29) is 6.42 Å². The molecular formula is C14H13N3O3S2. The summed E-state index contributed by atoms with van der Waals surface area (Å²) >= 11 is 1.41. The Kier molecular flexibility index (Phi) is 3.71. The molecule has 1 N–H and O–H groups in total. The number of hydrogen-bond acceptors (Lipinski definition) is 5. The summed E-state index contributed by atoms with van der Waals surface area (Å²) in [6, 6.07) is 9.72. The Morgan fingerprint density at radius 3 is 2.73 bits per heavy atom. The summed E-state index contributed by atoms with van der Waals surface area (Å²) in [5, 5.41) is 1.80. The van der Waals surface area contributed by atoms with Gasteiger partial charge in [0, 0.05) is 22.8 Å². The number of rotatable bonds is 4. The van der Waals surface area contributed by atoms with Crippen LogP contribution >= 0.6 is 11.3 Å². The van der Waals surface area contributed by atoms with E-state index in [4.69, 9.17) is 0 Å². The molecule has 0 saturated carbocycles. The molecule has 0 aliphatic rings. The molecule has 0 radical (unpaired) electrons. The predicted octanol–water partition coefficient (Wildman–Crippen LogP) is 1.68. The second kappa shape index (κ2) is 5.54. The van der Waals surface area contributed by atoms with Crippen molar-refractivity contribution in [2.45, 2.75) is 6.42 Å². The lowest BCUT2D eigenvalue weighted by molar-refractivity contribution is -0.118. The van der Waals surface area contributed by atoms with Gasteiger partial charge in [0.05, 0.1) is 18.4 Å². The topological polar surface area (TPSA) is 80.5 Å². The molecule has 0 aliphatic carbocycles. The average Bonchev–Trinajstić information content (AvgIpc) is 3.00. The van der Waals surface area contributed by atoms with Crippen molar-refractivity contribution in [3.63, 3.8) is 0 Å². The number of amides is 1. The zero-order valence-corrected chi connectivity index (χ0v) is 13.3. The van der Waals surface area contributed by atoms with Crippen molar-refractivity contribution in [2.24, 2.45) is 0 Å². The van der Waals surface area contributed by atoms with E-state index >= 15 is 0 Å². The fourth-order valence-corrected chi connectivity index (χ4v) is 3.47. The van der Waals surface area contributed by atoms with Crippen LogP contribution in [0.3, 0.4) is 0 Å². The number of aromatic nitrogens is 2. The molecule has 114 valence electrons. The van der Waals surface area contributed by atoms with Crippen LogP contribution in [0, 0.1) is 0 Å². The number of nitrogens with one attached hydrogen (secondary N) is 1. The first-order valence-corrected chi connectivity index (χ1v) is 9.21. The molecule has 3 rings (SSSR count). The monoisotopic (exact) mass is 335 g/mol. The molecule has 0 aliphatic heterocycles. The number of hydrogen-bond donors (Lipinski definition) is 1. The van der Waals surface area contributed by atoms with Gasteiger partial charge in [-0.15, -0.1) is 11.3 Å². The van der Waals surface area contributed by atoms with Crippen molar-refractivity contribution >= 4 is 32.2 Å². The number of benzene rings is 1. The largest absolute Gasteiger partial charge is 0.294 e. The van der Waals surface area contributed by atoms with Gasteiger partial charge >= 0.3 is 0 Å². The predicted molar refractivity (Wildman–Crippen MR) is 85.2 cm³/mol. The van der Waals surface area contributed by atoms with E-state index in [9.17, 15) is 13.2 Å². The van der Waals surface area contributed by atoms with Crippen molar-refractivity contribution in [3.8, 4) is 11.3 Å². The highest BCUT2D eigenvalue weighted by Crippen LogP contribution is 2.23. The van der Waals surface area contributed by atoms with Crippen LogP contribution in [-0.4, -0.2) is 30.0 Å². The van der Waals surface area contributed by atoms with Gasteiger partial charge in [-0.05, 0) is 0 Å². The maximum absolute atomic E-state index is 11.7. The SMILES string of the molecule is CS(=O)(=O)NC(=O)Cc1csc2nc(-c3ccccc3)cn12. The minimum Gasteiger partial charge on any atom is -0.294 e. The second-order valence-corrected chi connectivity index (χ2v) is 7.43. The molecule has 2 heterocycles. The number of nitrogens with zero attached hydrogens (tertiary/aromatic N) is 2. The van der Waals surface area contributed by atoms with Crippen molar-refractivity contribution in [3.05, 3.63) is 47.6 Å². The highest BCUT2D eigenvalue weighted by molar-refractivity contribution is 7.89. The van der Waals surface area contributed by atoms with Crippen LogP contribution in [0.15, 0.2) is 41.9 Å². The van der Waals surface area contributed by atoms with E-state index in [1.807, 2.05) is 45.7 Å². The van der Waals surface area contributed by atoms with Gasteiger partial charge in [-0.3, -0.25) is 13.9 Å². The highest BCUT2D eigenvalue weighted by Gasteiger charge is 2.14. The molecule has 1 amide bonds. The summed E-state index contributed by atoms with van der Waals surface area (Å²) in [6.07, 6.45) is 2.79. The Balaban J connectivity index is 1.89. The molecule has 0 saturated heterocycles.